The van der Waals surface area contributed by atoms with E-state index in [9.17, 15) is 4.79 Å². The lowest BCUT2D eigenvalue weighted by atomic mass is 10.2. The molecule has 1 heterocycles. The van der Waals surface area contributed by atoms with Crippen LogP contribution in [0.2, 0.25) is 0 Å². The predicted molar refractivity (Wildman–Crippen MR) is 72.6 cm³/mol. The number of hydrogen-bond donors (Lipinski definition) is 2. The molecule has 0 aliphatic heterocycles. The lowest BCUT2D eigenvalue weighted by Gasteiger charge is -2.06. The Balaban J connectivity index is 2.20. The van der Waals surface area contributed by atoms with Gasteiger partial charge in [-0.25, -0.2) is 0 Å². The summed E-state index contributed by atoms with van der Waals surface area (Å²) < 4.78 is 0. The molecule has 88 valence electrons. The first-order valence-corrected chi connectivity index (χ1v) is 6.12. The molecule has 0 radical (unpaired) electrons. The minimum atomic E-state index is -0.107. The van der Waals surface area contributed by atoms with Gasteiger partial charge in [0.15, 0.2) is 0 Å². The zero-order valence-corrected chi connectivity index (χ0v) is 10.6. The average molecular weight is 246 g/mol. The Morgan fingerprint density at radius 2 is 2.00 bits per heavy atom. The van der Waals surface area contributed by atoms with Gasteiger partial charge in [0.25, 0.3) is 5.91 Å². The molecule has 0 saturated heterocycles. The van der Waals surface area contributed by atoms with Gasteiger partial charge in [0.05, 0.1) is 4.88 Å². The second-order valence-electron chi connectivity index (χ2n) is 3.89. The van der Waals surface area contributed by atoms with Gasteiger partial charge in [-0.1, -0.05) is 18.2 Å². The SMILES string of the molecule is Cc1ccccc1NC(=O)c1cc(N)c(C)s1. The van der Waals surface area contributed by atoms with Crippen LogP contribution < -0.4 is 11.1 Å². The highest BCUT2D eigenvalue weighted by Gasteiger charge is 2.11. The van der Waals surface area contributed by atoms with Crippen molar-refractivity contribution >= 4 is 28.6 Å². The van der Waals surface area contributed by atoms with E-state index in [1.54, 1.807) is 6.07 Å². The maximum atomic E-state index is 12.0. The average Bonchev–Trinajstić information content (AvgIpc) is 2.63. The minimum absolute atomic E-state index is 0.107. The zero-order chi connectivity index (χ0) is 12.4. The van der Waals surface area contributed by atoms with Crippen LogP contribution in [0, 0.1) is 13.8 Å². The van der Waals surface area contributed by atoms with Gasteiger partial charge in [0.2, 0.25) is 0 Å². The molecule has 4 heteroatoms. The van der Waals surface area contributed by atoms with Gasteiger partial charge < -0.3 is 11.1 Å². The Morgan fingerprint density at radius 3 is 2.59 bits per heavy atom. The van der Waals surface area contributed by atoms with Crippen molar-refractivity contribution in [3.63, 3.8) is 0 Å². The Hall–Kier alpha value is -1.81. The first kappa shape index (κ1) is 11.7. The van der Waals surface area contributed by atoms with Crippen LogP contribution in [0.1, 0.15) is 20.1 Å². The maximum absolute atomic E-state index is 12.0. The number of nitrogens with one attached hydrogen (secondary N) is 1. The van der Waals surface area contributed by atoms with Gasteiger partial charge in [0.1, 0.15) is 0 Å². The summed E-state index contributed by atoms with van der Waals surface area (Å²) in [6, 6.07) is 9.41. The fourth-order valence-corrected chi connectivity index (χ4v) is 2.34. The molecule has 2 aromatic rings. The number of thiophene rings is 1. The molecule has 2 rings (SSSR count). The second kappa shape index (κ2) is 4.59. The summed E-state index contributed by atoms with van der Waals surface area (Å²) in [6.07, 6.45) is 0. The van der Waals surface area contributed by atoms with Crippen LogP contribution in [0.15, 0.2) is 30.3 Å². The standard InChI is InChI=1S/C13H14N2OS/c1-8-5-3-4-6-11(8)15-13(16)12-7-10(14)9(2)17-12/h3-7H,14H2,1-2H3,(H,15,16). The fraction of sp³-hybridized carbons (Fsp3) is 0.154. The molecule has 17 heavy (non-hydrogen) atoms. The van der Waals surface area contributed by atoms with Crippen LogP contribution in [-0.4, -0.2) is 5.91 Å². The van der Waals surface area contributed by atoms with Crippen molar-refractivity contribution in [2.75, 3.05) is 11.1 Å². The summed E-state index contributed by atoms with van der Waals surface area (Å²) in [4.78, 5) is 13.6. The van der Waals surface area contributed by atoms with Gasteiger partial charge in [-0.3, -0.25) is 4.79 Å². The molecule has 3 nitrogen and oxygen atoms in total. The number of hydrogen-bond acceptors (Lipinski definition) is 3. The van der Waals surface area contributed by atoms with Gasteiger partial charge in [-0.2, -0.15) is 0 Å². The summed E-state index contributed by atoms with van der Waals surface area (Å²) in [5.41, 5.74) is 8.28. The summed E-state index contributed by atoms with van der Waals surface area (Å²) in [7, 11) is 0. The van der Waals surface area contributed by atoms with Crippen LogP contribution >= 0.6 is 11.3 Å². The number of nitrogens with two attached hydrogens (primary N) is 1. The van der Waals surface area contributed by atoms with Crippen molar-refractivity contribution in [2.45, 2.75) is 13.8 Å². The van der Waals surface area contributed by atoms with Crippen molar-refractivity contribution in [1.29, 1.82) is 0 Å². The maximum Gasteiger partial charge on any atom is 0.265 e. The molecule has 0 aliphatic rings. The third-order valence-corrected chi connectivity index (χ3v) is 3.64. The normalized spacial score (nSPS) is 10.2. The minimum Gasteiger partial charge on any atom is -0.398 e. The number of anilines is 2. The van der Waals surface area contributed by atoms with Gasteiger partial charge in [0, 0.05) is 16.3 Å². The highest BCUT2D eigenvalue weighted by Crippen LogP contribution is 2.24. The number of amides is 1. The largest absolute Gasteiger partial charge is 0.398 e. The lowest BCUT2D eigenvalue weighted by molar-refractivity contribution is 0.103. The molecular weight excluding hydrogens is 232 g/mol. The van der Waals surface area contributed by atoms with Gasteiger partial charge >= 0.3 is 0 Å². The number of rotatable bonds is 2. The van der Waals surface area contributed by atoms with Crippen LogP contribution in [0.25, 0.3) is 0 Å². The molecule has 0 fully saturated rings. The van der Waals surface area contributed by atoms with Crippen LogP contribution in [0.5, 0.6) is 0 Å². The van der Waals surface area contributed by atoms with E-state index in [0.717, 1.165) is 16.1 Å². The Kier molecular flexibility index (Phi) is 3.15. The van der Waals surface area contributed by atoms with Crippen molar-refractivity contribution in [1.82, 2.24) is 0 Å². The van der Waals surface area contributed by atoms with E-state index in [1.807, 2.05) is 38.1 Å². The van der Waals surface area contributed by atoms with Crippen molar-refractivity contribution in [3.8, 4) is 0 Å². The van der Waals surface area contributed by atoms with Crippen LogP contribution in [0.3, 0.4) is 0 Å². The number of carbonyl (C=O) groups excluding carboxylic acids is 1. The summed E-state index contributed by atoms with van der Waals surface area (Å²) in [5, 5.41) is 2.88. The van der Waals surface area contributed by atoms with E-state index in [0.29, 0.717) is 10.6 Å². The highest BCUT2D eigenvalue weighted by atomic mass is 32.1. The smallest absolute Gasteiger partial charge is 0.265 e. The van der Waals surface area contributed by atoms with E-state index < -0.39 is 0 Å². The third kappa shape index (κ3) is 2.47. The predicted octanol–water partition coefficient (Wildman–Crippen LogP) is 3.20. The van der Waals surface area contributed by atoms with E-state index in [4.69, 9.17) is 5.73 Å². The molecular formula is C13H14N2OS. The third-order valence-electron chi connectivity index (χ3n) is 2.57. The van der Waals surface area contributed by atoms with E-state index in [1.165, 1.54) is 11.3 Å². The Bertz CT molecular complexity index is 541. The fourth-order valence-electron chi connectivity index (χ4n) is 1.51. The van der Waals surface area contributed by atoms with E-state index in [2.05, 4.69) is 5.32 Å². The second-order valence-corrected chi connectivity index (χ2v) is 5.15. The quantitative estimate of drug-likeness (QED) is 0.855. The van der Waals surface area contributed by atoms with Crippen LogP contribution in [-0.2, 0) is 0 Å². The number of nitrogen functional groups attached to an aromatic ring is 1. The van der Waals surface area contributed by atoms with Crippen LogP contribution in [0.4, 0.5) is 11.4 Å². The topological polar surface area (TPSA) is 55.1 Å². The first-order valence-electron chi connectivity index (χ1n) is 5.31. The molecule has 1 aromatic carbocycles. The molecule has 0 spiro atoms. The molecule has 0 unspecified atom stereocenters. The van der Waals surface area contributed by atoms with Gasteiger partial charge in [-0.15, -0.1) is 11.3 Å². The van der Waals surface area contributed by atoms with Crippen molar-refractivity contribution in [2.24, 2.45) is 0 Å². The summed E-state index contributed by atoms with van der Waals surface area (Å²) >= 11 is 1.41. The van der Waals surface area contributed by atoms with Gasteiger partial charge in [-0.05, 0) is 31.5 Å². The number of carbonyl (C=O) groups is 1. The summed E-state index contributed by atoms with van der Waals surface area (Å²) in [6.45, 7) is 3.87. The van der Waals surface area contributed by atoms with Crippen molar-refractivity contribution in [3.05, 3.63) is 45.6 Å². The number of para-hydroxylation sites is 1. The Labute approximate surface area is 104 Å². The van der Waals surface area contributed by atoms with E-state index >= 15 is 0 Å². The molecule has 1 amide bonds. The highest BCUT2D eigenvalue weighted by molar-refractivity contribution is 7.14. The molecule has 0 aliphatic carbocycles. The first-order chi connectivity index (χ1) is 8.08. The number of aryl methyl sites for hydroxylation is 2. The Morgan fingerprint density at radius 1 is 1.29 bits per heavy atom. The molecule has 0 atom stereocenters. The molecule has 3 N–H and O–H groups in total. The molecule has 1 aromatic heterocycles. The number of benzene rings is 1. The van der Waals surface area contributed by atoms with Crippen molar-refractivity contribution < 1.29 is 4.79 Å². The summed E-state index contributed by atoms with van der Waals surface area (Å²) in [5.74, 6) is -0.107. The monoisotopic (exact) mass is 246 g/mol. The molecule has 0 saturated carbocycles. The molecule has 0 bridgehead atoms. The van der Waals surface area contributed by atoms with E-state index in [-0.39, 0.29) is 5.91 Å². The lowest BCUT2D eigenvalue weighted by Crippen LogP contribution is -2.10. The zero-order valence-electron chi connectivity index (χ0n) is 9.78.